The first-order chi connectivity index (χ1) is 16.3. The van der Waals surface area contributed by atoms with E-state index in [1.807, 2.05) is 35.8 Å². The summed E-state index contributed by atoms with van der Waals surface area (Å²) in [6.07, 6.45) is -0.346. The largest absolute Gasteiger partial charge is 0.497 e. The Hall–Kier alpha value is -3.33. The Morgan fingerprint density at radius 3 is 2.41 bits per heavy atom. The normalized spacial score (nSPS) is 11.8. The van der Waals surface area contributed by atoms with Gasteiger partial charge in [-0.05, 0) is 56.2 Å². The molecule has 0 saturated heterocycles. The van der Waals surface area contributed by atoms with Crippen LogP contribution in [-0.2, 0) is 11.3 Å². The highest BCUT2D eigenvalue weighted by atomic mass is 32.2. The van der Waals surface area contributed by atoms with Crippen LogP contribution in [0, 0.1) is 5.92 Å². The number of carbonyl (C=O) groups excluding carboxylic acids is 2. The molecule has 9 heteroatoms. The summed E-state index contributed by atoms with van der Waals surface area (Å²) in [6.45, 7) is 8.36. The number of carbonyl (C=O) groups is 2. The molecular formula is C25H30N4O4S. The van der Waals surface area contributed by atoms with Gasteiger partial charge in [0.2, 0.25) is 5.91 Å². The third-order valence-corrected chi connectivity index (χ3v) is 5.89. The molecule has 2 aromatic carbocycles. The Bertz CT molecular complexity index is 1130. The number of rotatable bonds is 11. The average molecular weight is 483 g/mol. The van der Waals surface area contributed by atoms with Crippen LogP contribution in [0.15, 0.2) is 53.7 Å². The maximum atomic E-state index is 12.5. The molecule has 0 radical (unpaired) electrons. The number of nitrogens with zero attached hydrogens (tertiary/aromatic N) is 3. The summed E-state index contributed by atoms with van der Waals surface area (Å²) in [5.41, 5.74) is 1.24. The van der Waals surface area contributed by atoms with Gasteiger partial charge in [-0.25, -0.2) is 0 Å². The molecule has 8 nitrogen and oxygen atoms in total. The van der Waals surface area contributed by atoms with Crippen LogP contribution in [0.2, 0.25) is 0 Å². The number of amides is 1. The van der Waals surface area contributed by atoms with Gasteiger partial charge in [-0.1, -0.05) is 31.7 Å². The molecule has 1 amide bonds. The van der Waals surface area contributed by atoms with Crippen molar-refractivity contribution in [1.29, 1.82) is 0 Å². The fourth-order valence-electron chi connectivity index (χ4n) is 3.29. The van der Waals surface area contributed by atoms with E-state index in [-0.39, 0.29) is 23.5 Å². The number of ether oxygens (including phenoxy) is 2. The lowest BCUT2D eigenvalue weighted by Gasteiger charge is -2.18. The Labute approximate surface area is 204 Å². The number of thioether (sulfide) groups is 1. The maximum Gasteiger partial charge on any atom is 0.234 e. The summed E-state index contributed by atoms with van der Waals surface area (Å²) in [5.74, 6) is 2.43. The number of benzene rings is 2. The van der Waals surface area contributed by atoms with Gasteiger partial charge < -0.3 is 19.4 Å². The standard InChI is InChI=1S/C25H30N4O4S/c1-16(2)14-29-24(18(4)33-22-8-6-7-21(13-22)32-5)27-28-25(29)34-15-23(31)26-20-11-9-19(10-12-20)17(3)30/h6-13,16,18H,14-15H2,1-5H3,(H,26,31). The number of ketones is 1. The van der Waals surface area contributed by atoms with Gasteiger partial charge in [0, 0.05) is 23.9 Å². The van der Waals surface area contributed by atoms with Crippen molar-refractivity contribution in [3.05, 3.63) is 59.9 Å². The first-order valence-electron chi connectivity index (χ1n) is 11.0. The van der Waals surface area contributed by atoms with Crippen molar-refractivity contribution < 1.29 is 19.1 Å². The summed E-state index contributed by atoms with van der Waals surface area (Å²) >= 11 is 1.32. The molecule has 1 unspecified atom stereocenters. The van der Waals surface area contributed by atoms with Crippen LogP contribution in [0.3, 0.4) is 0 Å². The third-order valence-electron chi connectivity index (χ3n) is 4.92. The predicted octanol–water partition coefficient (Wildman–Crippen LogP) is 5.02. The van der Waals surface area contributed by atoms with Crippen LogP contribution < -0.4 is 14.8 Å². The SMILES string of the molecule is COc1cccc(OC(C)c2nnc(SCC(=O)Nc3ccc(C(C)=O)cc3)n2CC(C)C)c1. The molecule has 180 valence electrons. The predicted molar refractivity (Wildman–Crippen MR) is 133 cm³/mol. The Morgan fingerprint density at radius 1 is 1.06 bits per heavy atom. The lowest BCUT2D eigenvalue weighted by molar-refractivity contribution is -0.113. The smallest absolute Gasteiger partial charge is 0.234 e. The van der Waals surface area contributed by atoms with E-state index in [2.05, 4.69) is 29.4 Å². The minimum Gasteiger partial charge on any atom is -0.497 e. The molecular weight excluding hydrogens is 452 g/mol. The van der Waals surface area contributed by atoms with Gasteiger partial charge in [0.25, 0.3) is 0 Å². The van der Waals surface area contributed by atoms with Gasteiger partial charge in [0.1, 0.15) is 11.5 Å². The third kappa shape index (κ3) is 6.84. The van der Waals surface area contributed by atoms with E-state index < -0.39 is 0 Å². The fraction of sp³-hybridized carbons (Fsp3) is 0.360. The van der Waals surface area contributed by atoms with Gasteiger partial charge in [-0.3, -0.25) is 9.59 Å². The van der Waals surface area contributed by atoms with Crippen molar-refractivity contribution in [2.75, 3.05) is 18.2 Å². The number of hydrogen-bond acceptors (Lipinski definition) is 7. The van der Waals surface area contributed by atoms with Crippen molar-refractivity contribution in [3.63, 3.8) is 0 Å². The maximum absolute atomic E-state index is 12.5. The molecule has 0 aliphatic rings. The second-order valence-corrected chi connectivity index (χ2v) is 9.20. The van der Waals surface area contributed by atoms with Gasteiger partial charge in [-0.2, -0.15) is 0 Å². The Kier molecular flexibility index (Phi) is 8.70. The van der Waals surface area contributed by atoms with Gasteiger partial charge in [0.15, 0.2) is 22.9 Å². The van der Waals surface area contributed by atoms with E-state index in [1.165, 1.54) is 18.7 Å². The van der Waals surface area contributed by atoms with Crippen LogP contribution in [0.5, 0.6) is 11.5 Å². The number of methoxy groups -OCH3 is 1. The number of nitrogens with one attached hydrogen (secondary N) is 1. The Morgan fingerprint density at radius 2 is 1.76 bits per heavy atom. The summed E-state index contributed by atoms with van der Waals surface area (Å²) in [5, 5.41) is 12.2. The van der Waals surface area contributed by atoms with Crippen molar-refractivity contribution in [2.24, 2.45) is 5.92 Å². The lowest BCUT2D eigenvalue weighted by Crippen LogP contribution is -2.17. The monoisotopic (exact) mass is 482 g/mol. The zero-order valence-electron chi connectivity index (χ0n) is 20.1. The van der Waals surface area contributed by atoms with E-state index in [0.29, 0.717) is 46.2 Å². The van der Waals surface area contributed by atoms with Crippen LogP contribution in [0.4, 0.5) is 5.69 Å². The zero-order valence-corrected chi connectivity index (χ0v) is 20.9. The first-order valence-corrected chi connectivity index (χ1v) is 12.0. The quantitative estimate of drug-likeness (QED) is 0.303. The topological polar surface area (TPSA) is 95.3 Å². The van der Waals surface area contributed by atoms with E-state index in [9.17, 15) is 9.59 Å². The number of Topliss-reactive ketones (excluding diaryl/α,β-unsaturated/α-hetero) is 1. The summed E-state index contributed by atoms with van der Waals surface area (Å²) in [4.78, 5) is 23.9. The molecule has 1 atom stereocenters. The fourth-order valence-corrected chi connectivity index (χ4v) is 4.05. The van der Waals surface area contributed by atoms with E-state index in [4.69, 9.17) is 9.47 Å². The highest BCUT2D eigenvalue weighted by Crippen LogP contribution is 2.27. The van der Waals surface area contributed by atoms with E-state index in [1.54, 1.807) is 31.4 Å². The van der Waals surface area contributed by atoms with E-state index in [0.717, 1.165) is 0 Å². The van der Waals surface area contributed by atoms with Crippen LogP contribution in [0.1, 0.15) is 50.0 Å². The highest BCUT2D eigenvalue weighted by Gasteiger charge is 2.21. The average Bonchev–Trinajstić information content (AvgIpc) is 3.20. The van der Waals surface area contributed by atoms with Gasteiger partial charge in [0.05, 0.1) is 12.9 Å². The van der Waals surface area contributed by atoms with Crippen LogP contribution >= 0.6 is 11.8 Å². The van der Waals surface area contributed by atoms with E-state index >= 15 is 0 Å². The molecule has 0 spiro atoms. The molecule has 34 heavy (non-hydrogen) atoms. The Balaban J connectivity index is 1.67. The summed E-state index contributed by atoms with van der Waals surface area (Å²) in [7, 11) is 1.61. The highest BCUT2D eigenvalue weighted by molar-refractivity contribution is 7.99. The van der Waals surface area contributed by atoms with Crippen molar-refractivity contribution >= 4 is 29.1 Å². The minimum atomic E-state index is -0.346. The molecule has 1 heterocycles. The zero-order chi connectivity index (χ0) is 24.7. The molecule has 0 aliphatic heterocycles. The van der Waals surface area contributed by atoms with Crippen LogP contribution in [0.25, 0.3) is 0 Å². The van der Waals surface area contributed by atoms with Crippen molar-refractivity contribution in [3.8, 4) is 11.5 Å². The second-order valence-electron chi connectivity index (χ2n) is 8.25. The van der Waals surface area contributed by atoms with Gasteiger partial charge >= 0.3 is 0 Å². The molecule has 1 aromatic heterocycles. The first kappa shape index (κ1) is 25.3. The number of aromatic nitrogens is 3. The summed E-state index contributed by atoms with van der Waals surface area (Å²) in [6, 6.07) is 14.2. The molecule has 1 N–H and O–H groups in total. The summed E-state index contributed by atoms with van der Waals surface area (Å²) < 4.78 is 13.4. The second kappa shape index (κ2) is 11.7. The molecule has 0 bridgehead atoms. The minimum absolute atomic E-state index is 0.0154. The van der Waals surface area contributed by atoms with Gasteiger partial charge in [-0.15, -0.1) is 10.2 Å². The van der Waals surface area contributed by atoms with Crippen LogP contribution in [-0.4, -0.2) is 39.3 Å². The molecule has 0 fully saturated rings. The molecule has 0 saturated carbocycles. The molecule has 3 aromatic rings. The molecule has 3 rings (SSSR count). The van der Waals surface area contributed by atoms with Crippen molar-refractivity contribution in [1.82, 2.24) is 14.8 Å². The number of hydrogen-bond donors (Lipinski definition) is 1. The number of anilines is 1. The molecule has 0 aliphatic carbocycles. The lowest BCUT2D eigenvalue weighted by atomic mass is 10.1. The van der Waals surface area contributed by atoms with Crippen molar-refractivity contribution in [2.45, 2.75) is 45.5 Å².